The number of piperazine rings is 1. The minimum absolute atomic E-state index is 0.0278. The number of imide groups is 1. The molecular formula is C33H38N4O2S. The van der Waals surface area contributed by atoms with Gasteiger partial charge >= 0.3 is 0 Å². The number of carbonyl (C=O) groups is 2. The van der Waals surface area contributed by atoms with E-state index in [2.05, 4.69) is 113 Å². The summed E-state index contributed by atoms with van der Waals surface area (Å²) in [4.78, 5) is 31.5. The molecule has 2 unspecified atom stereocenters. The first-order valence-corrected chi connectivity index (χ1v) is 14.8. The second kappa shape index (κ2) is 11.1. The van der Waals surface area contributed by atoms with Crippen molar-refractivity contribution in [1.29, 1.82) is 0 Å². The standard InChI is InChI=1S/C33H38N4O2S/c1-33(2)22-35(17-18-37(33)30(24-9-5-3-6-10-24)25-11-7-4-8-12-25)20-23-13-14-26-21-36(32(40)27(26)19-23)28-15-16-29(38)34-31(28)39/h3-14,19,28,30,32,40H,15-18,20-22H2,1-2H3,(H,34,38,39). The van der Waals surface area contributed by atoms with Crippen LogP contribution in [-0.2, 0) is 22.7 Å². The molecule has 3 heterocycles. The van der Waals surface area contributed by atoms with E-state index in [0.29, 0.717) is 19.4 Å². The number of rotatable bonds is 6. The van der Waals surface area contributed by atoms with Gasteiger partial charge in [-0.25, -0.2) is 0 Å². The molecule has 2 saturated heterocycles. The number of piperidine rings is 1. The average Bonchev–Trinajstić information content (AvgIpc) is 3.26. The van der Waals surface area contributed by atoms with Gasteiger partial charge in [-0.3, -0.25) is 29.6 Å². The Bertz CT molecular complexity index is 1340. The van der Waals surface area contributed by atoms with Crippen molar-refractivity contribution in [2.45, 2.75) is 62.8 Å². The summed E-state index contributed by atoms with van der Waals surface area (Å²) in [5.41, 5.74) is 6.29. The lowest BCUT2D eigenvalue weighted by molar-refractivity contribution is -0.137. The van der Waals surface area contributed by atoms with Crippen LogP contribution in [0, 0.1) is 0 Å². The van der Waals surface area contributed by atoms with Crippen LogP contribution >= 0.6 is 12.6 Å². The molecule has 3 aliphatic rings. The number of fused-ring (bicyclic) bond motifs is 1. The zero-order chi connectivity index (χ0) is 27.9. The van der Waals surface area contributed by atoms with E-state index < -0.39 is 0 Å². The topological polar surface area (TPSA) is 55.9 Å². The highest BCUT2D eigenvalue weighted by Gasteiger charge is 2.41. The quantitative estimate of drug-likeness (QED) is 0.335. The van der Waals surface area contributed by atoms with Gasteiger partial charge in [0.05, 0.1) is 17.5 Å². The van der Waals surface area contributed by atoms with Crippen molar-refractivity contribution in [3.63, 3.8) is 0 Å². The second-order valence-electron chi connectivity index (χ2n) is 12.0. The molecule has 0 bridgehead atoms. The van der Waals surface area contributed by atoms with Crippen molar-refractivity contribution in [2.75, 3.05) is 19.6 Å². The van der Waals surface area contributed by atoms with E-state index >= 15 is 0 Å². The Morgan fingerprint density at radius 1 is 0.950 bits per heavy atom. The van der Waals surface area contributed by atoms with Crippen molar-refractivity contribution in [1.82, 2.24) is 20.0 Å². The minimum Gasteiger partial charge on any atom is -0.296 e. The van der Waals surface area contributed by atoms with Gasteiger partial charge in [-0.2, -0.15) is 12.6 Å². The Hall–Kier alpha value is -2.97. The highest BCUT2D eigenvalue weighted by molar-refractivity contribution is 7.80. The van der Waals surface area contributed by atoms with Gasteiger partial charge in [0, 0.05) is 44.7 Å². The number of nitrogens with zero attached hydrogens (tertiary/aromatic N) is 3. The summed E-state index contributed by atoms with van der Waals surface area (Å²) in [5, 5.41) is 2.35. The zero-order valence-electron chi connectivity index (χ0n) is 23.3. The second-order valence-corrected chi connectivity index (χ2v) is 12.5. The summed E-state index contributed by atoms with van der Waals surface area (Å²) in [6, 6.07) is 28.3. The summed E-state index contributed by atoms with van der Waals surface area (Å²) < 4.78 is 0. The molecule has 0 saturated carbocycles. The lowest BCUT2D eigenvalue weighted by atomic mass is 9.89. The van der Waals surface area contributed by atoms with Crippen LogP contribution in [0.4, 0.5) is 0 Å². The van der Waals surface area contributed by atoms with Crippen LogP contribution < -0.4 is 5.32 Å². The lowest BCUT2D eigenvalue weighted by Gasteiger charge is -2.51. The van der Waals surface area contributed by atoms with E-state index in [1.54, 1.807) is 0 Å². The fourth-order valence-corrected chi connectivity index (χ4v) is 7.31. The Morgan fingerprint density at radius 2 is 1.62 bits per heavy atom. The lowest BCUT2D eigenvalue weighted by Crippen LogP contribution is -2.59. The SMILES string of the molecule is CC1(C)CN(Cc2ccc3c(c2)C(S)N(C2CCC(=O)NC2=O)C3)CCN1C(c1ccccc1)c1ccccc1. The first-order valence-electron chi connectivity index (χ1n) is 14.3. The van der Waals surface area contributed by atoms with Crippen molar-refractivity contribution >= 4 is 24.4 Å². The Morgan fingerprint density at radius 3 is 2.25 bits per heavy atom. The minimum atomic E-state index is -0.313. The van der Waals surface area contributed by atoms with Crippen LogP contribution in [0.15, 0.2) is 78.9 Å². The van der Waals surface area contributed by atoms with Gasteiger partial charge in [0.2, 0.25) is 11.8 Å². The van der Waals surface area contributed by atoms with Gasteiger partial charge in [-0.05, 0) is 48.1 Å². The van der Waals surface area contributed by atoms with Gasteiger partial charge in [-0.1, -0.05) is 78.9 Å². The Labute approximate surface area is 242 Å². The number of thiol groups is 1. The molecule has 0 aliphatic carbocycles. The molecule has 2 fully saturated rings. The molecule has 1 N–H and O–H groups in total. The third-order valence-electron chi connectivity index (χ3n) is 8.76. The molecule has 0 spiro atoms. The fourth-order valence-electron chi connectivity index (χ4n) is 6.83. The molecule has 6 rings (SSSR count). The van der Waals surface area contributed by atoms with Gasteiger partial charge in [0.25, 0.3) is 0 Å². The molecule has 3 aromatic carbocycles. The van der Waals surface area contributed by atoms with Gasteiger partial charge < -0.3 is 0 Å². The molecule has 208 valence electrons. The highest BCUT2D eigenvalue weighted by atomic mass is 32.1. The molecule has 40 heavy (non-hydrogen) atoms. The third-order valence-corrected chi connectivity index (χ3v) is 9.33. The van der Waals surface area contributed by atoms with Crippen LogP contribution in [0.5, 0.6) is 0 Å². The molecule has 2 atom stereocenters. The van der Waals surface area contributed by atoms with Gasteiger partial charge in [0.15, 0.2) is 0 Å². The molecule has 6 nitrogen and oxygen atoms in total. The maximum absolute atomic E-state index is 12.5. The monoisotopic (exact) mass is 554 g/mol. The van der Waals surface area contributed by atoms with E-state index in [1.165, 1.54) is 27.8 Å². The maximum atomic E-state index is 12.5. The fraction of sp³-hybridized carbons (Fsp3) is 0.394. The summed E-state index contributed by atoms with van der Waals surface area (Å²) in [6.45, 7) is 9.22. The first kappa shape index (κ1) is 27.2. The maximum Gasteiger partial charge on any atom is 0.243 e. The molecular weight excluding hydrogens is 516 g/mol. The molecule has 0 aromatic heterocycles. The normalized spacial score (nSPS) is 23.8. The van der Waals surface area contributed by atoms with Crippen molar-refractivity contribution in [3.8, 4) is 0 Å². The van der Waals surface area contributed by atoms with E-state index in [1.807, 2.05) is 0 Å². The van der Waals surface area contributed by atoms with Gasteiger partial charge in [0.1, 0.15) is 0 Å². The third kappa shape index (κ3) is 5.36. The molecule has 3 aliphatic heterocycles. The molecule has 7 heteroatoms. The largest absolute Gasteiger partial charge is 0.296 e. The number of carbonyl (C=O) groups excluding carboxylic acids is 2. The molecule has 0 radical (unpaired) electrons. The Kier molecular flexibility index (Phi) is 7.57. The molecule has 3 aromatic rings. The summed E-state index contributed by atoms with van der Waals surface area (Å²) in [6.07, 6.45) is 0.932. The summed E-state index contributed by atoms with van der Waals surface area (Å²) in [7, 11) is 0. The summed E-state index contributed by atoms with van der Waals surface area (Å²) in [5.74, 6) is -0.384. The number of benzene rings is 3. The van der Waals surface area contributed by atoms with Crippen LogP contribution in [0.1, 0.15) is 65.9 Å². The predicted molar refractivity (Wildman–Crippen MR) is 161 cm³/mol. The van der Waals surface area contributed by atoms with Crippen LogP contribution in [0.2, 0.25) is 0 Å². The number of amides is 2. The highest BCUT2D eigenvalue weighted by Crippen LogP contribution is 2.40. The van der Waals surface area contributed by atoms with Crippen LogP contribution in [-0.4, -0.2) is 57.7 Å². The first-order chi connectivity index (χ1) is 19.3. The van der Waals surface area contributed by atoms with E-state index in [9.17, 15) is 9.59 Å². The number of hydrogen-bond donors (Lipinski definition) is 2. The van der Waals surface area contributed by atoms with Crippen molar-refractivity contribution in [3.05, 3.63) is 107 Å². The number of hydrogen-bond acceptors (Lipinski definition) is 6. The molecule has 2 amide bonds. The van der Waals surface area contributed by atoms with E-state index in [-0.39, 0.29) is 34.8 Å². The zero-order valence-corrected chi connectivity index (χ0v) is 24.2. The van der Waals surface area contributed by atoms with Crippen LogP contribution in [0.25, 0.3) is 0 Å². The van der Waals surface area contributed by atoms with Crippen molar-refractivity contribution in [2.24, 2.45) is 0 Å². The number of nitrogens with one attached hydrogen (secondary N) is 1. The van der Waals surface area contributed by atoms with Crippen LogP contribution in [0.3, 0.4) is 0 Å². The van der Waals surface area contributed by atoms with Gasteiger partial charge in [-0.15, -0.1) is 0 Å². The summed E-state index contributed by atoms with van der Waals surface area (Å²) >= 11 is 4.93. The van der Waals surface area contributed by atoms with E-state index in [4.69, 9.17) is 12.6 Å². The van der Waals surface area contributed by atoms with E-state index in [0.717, 1.165) is 26.2 Å². The smallest absolute Gasteiger partial charge is 0.243 e. The predicted octanol–water partition coefficient (Wildman–Crippen LogP) is 4.92. The Balaban J connectivity index is 1.17. The average molecular weight is 555 g/mol. The van der Waals surface area contributed by atoms with Crippen molar-refractivity contribution < 1.29 is 9.59 Å².